The summed E-state index contributed by atoms with van der Waals surface area (Å²) in [5.74, 6) is -0.136. The monoisotopic (exact) mass is 231 g/mol. The van der Waals surface area contributed by atoms with Crippen LogP contribution in [-0.4, -0.2) is 6.54 Å². The molecule has 0 saturated heterocycles. The fraction of sp³-hybridized carbons (Fsp3) is 0.333. The first kappa shape index (κ1) is 9.68. The standard InChI is InChI=1S/C9H11BrFN/c1-6(5-12)9-7(10)3-2-4-8(9)11/h2-4,6H,5,12H2,1H3. The van der Waals surface area contributed by atoms with E-state index in [2.05, 4.69) is 15.9 Å². The topological polar surface area (TPSA) is 26.0 Å². The second-order valence-corrected chi connectivity index (χ2v) is 3.63. The van der Waals surface area contributed by atoms with Crippen molar-refractivity contribution in [3.05, 3.63) is 34.1 Å². The van der Waals surface area contributed by atoms with Crippen LogP contribution >= 0.6 is 15.9 Å². The molecule has 0 aliphatic rings. The van der Waals surface area contributed by atoms with E-state index in [9.17, 15) is 4.39 Å². The summed E-state index contributed by atoms with van der Waals surface area (Å²) in [4.78, 5) is 0. The lowest BCUT2D eigenvalue weighted by Gasteiger charge is -2.11. The Balaban J connectivity index is 3.12. The van der Waals surface area contributed by atoms with Gasteiger partial charge in [0.25, 0.3) is 0 Å². The smallest absolute Gasteiger partial charge is 0.127 e. The van der Waals surface area contributed by atoms with Gasteiger partial charge in [-0.25, -0.2) is 4.39 Å². The van der Waals surface area contributed by atoms with Crippen molar-refractivity contribution in [2.75, 3.05) is 6.54 Å². The van der Waals surface area contributed by atoms with E-state index in [1.807, 2.05) is 13.0 Å². The highest BCUT2D eigenvalue weighted by Gasteiger charge is 2.12. The lowest BCUT2D eigenvalue weighted by Crippen LogP contribution is -2.11. The Labute approximate surface area is 79.9 Å². The van der Waals surface area contributed by atoms with Gasteiger partial charge in [-0.05, 0) is 24.6 Å². The quantitative estimate of drug-likeness (QED) is 0.833. The lowest BCUT2D eigenvalue weighted by atomic mass is 10.0. The van der Waals surface area contributed by atoms with E-state index >= 15 is 0 Å². The molecule has 0 heterocycles. The molecule has 1 atom stereocenters. The van der Waals surface area contributed by atoms with Crippen LogP contribution < -0.4 is 5.73 Å². The van der Waals surface area contributed by atoms with Gasteiger partial charge in [-0.2, -0.15) is 0 Å². The molecule has 1 rings (SSSR count). The molecule has 2 N–H and O–H groups in total. The average molecular weight is 232 g/mol. The van der Waals surface area contributed by atoms with E-state index < -0.39 is 0 Å². The Morgan fingerprint density at radius 1 is 1.58 bits per heavy atom. The van der Waals surface area contributed by atoms with Crippen LogP contribution in [0.15, 0.2) is 22.7 Å². The zero-order chi connectivity index (χ0) is 9.14. The summed E-state index contributed by atoms with van der Waals surface area (Å²) in [6, 6.07) is 4.95. The molecule has 0 bridgehead atoms. The Bertz CT molecular complexity index is 255. The van der Waals surface area contributed by atoms with E-state index in [0.29, 0.717) is 12.1 Å². The minimum atomic E-state index is -0.192. The molecule has 0 aliphatic heterocycles. The maximum absolute atomic E-state index is 13.2. The molecule has 3 heteroatoms. The van der Waals surface area contributed by atoms with Crippen molar-refractivity contribution >= 4 is 15.9 Å². The summed E-state index contributed by atoms with van der Waals surface area (Å²) in [7, 11) is 0. The summed E-state index contributed by atoms with van der Waals surface area (Å²) >= 11 is 3.29. The van der Waals surface area contributed by atoms with Crippen LogP contribution in [0.25, 0.3) is 0 Å². The number of nitrogens with two attached hydrogens (primary N) is 1. The molecule has 0 saturated carbocycles. The third kappa shape index (κ3) is 1.84. The Morgan fingerprint density at radius 2 is 2.25 bits per heavy atom. The van der Waals surface area contributed by atoms with E-state index in [1.165, 1.54) is 6.07 Å². The first-order valence-electron chi connectivity index (χ1n) is 3.80. The molecule has 1 aromatic rings. The van der Waals surface area contributed by atoms with Crippen molar-refractivity contribution in [3.63, 3.8) is 0 Å². The summed E-state index contributed by atoms with van der Waals surface area (Å²) in [6.07, 6.45) is 0. The van der Waals surface area contributed by atoms with Gasteiger partial charge in [-0.3, -0.25) is 0 Å². The molecule has 0 aliphatic carbocycles. The number of halogens is 2. The maximum Gasteiger partial charge on any atom is 0.127 e. The van der Waals surface area contributed by atoms with Crippen LogP contribution in [0, 0.1) is 5.82 Å². The first-order valence-corrected chi connectivity index (χ1v) is 4.60. The fourth-order valence-corrected chi connectivity index (χ4v) is 1.83. The van der Waals surface area contributed by atoms with Gasteiger partial charge in [0.2, 0.25) is 0 Å². The molecular formula is C9H11BrFN. The van der Waals surface area contributed by atoms with Gasteiger partial charge in [0.05, 0.1) is 0 Å². The maximum atomic E-state index is 13.2. The molecule has 1 unspecified atom stereocenters. The SMILES string of the molecule is CC(CN)c1c(F)cccc1Br. The van der Waals surface area contributed by atoms with Gasteiger partial charge in [-0.1, -0.05) is 28.9 Å². The molecule has 0 fully saturated rings. The van der Waals surface area contributed by atoms with E-state index in [0.717, 1.165) is 4.47 Å². The van der Waals surface area contributed by atoms with Crippen molar-refractivity contribution in [3.8, 4) is 0 Å². The van der Waals surface area contributed by atoms with Crippen LogP contribution in [0.3, 0.4) is 0 Å². The second kappa shape index (κ2) is 4.01. The number of benzene rings is 1. The van der Waals surface area contributed by atoms with E-state index in [4.69, 9.17) is 5.73 Å². The van der Waals surface area contributed by atoms with Gasteiger partial charge in [0.1, 0.15) is 5.82 Å². The Hall–Kier alpha value is -0.410. The van der Waals surface area contributed by atoms with Crippen molar-refractivity contribution in [2.45, 2.75) is 12.8 Å². The Kier molecular flexibility index (Phi) is 3.23. The molecule has 1 aromatic carbocycles. The van der Waals surface area contributed by atoms with Crippen LogP contribution in [-0.2, 0) is 0 Å². The van der Waals surface area contributed by atoms with Crippen molar-refractivity contribution < 1.29 is 4.39 Å². The normalized spacial score (nSPS) is 13.0. The molecule has 0 aromatic heterocycles. The molecule has 0 radical (unpaired) electrons. The summed E-state index contributed by atoms with van der Waals surface area (Å²) < 4.78 is 14.0. The summed E-state index contributed by atoms with van der Waals surface area (Å²) in [5.41, 5.74) is 6.12. The number of rotatable bonds is 2. The zero-order valence-electron chi connectivity index (χ0n) is 6.85. The summed E-state index contributed by atoms with van der Waals surface area (Å²) in [6.45, 7) is 2.36. The van der Waals surface area contributed by atoms with Gasteiger partial charge in [0, 0.05) is 10.0 Å². The lowest BCUT2D eigenvalue weighted by molar-refractivity contribution is 0.588. The molecule has 1 nitrogen and oxygen atoms in total. The largest absolute Gasteiger partial charge is 0.330 e. The second-order valence-electron chi connectivity index (χ2n) is 2.77. The van der Waals surface area contributed by atoms with Crippen LogP contribution in [0.4, 0.5) is 4.39 Å². The third-order valence-corrected chi connectivity index (χ3v) is 2.54. The number of hydrogen-bond acceptors (Lipinski definition) is 1. The molecular weight excluding hydrogens is 221 g/mol. The average Bonchev–Trinajstić information content (AvgIpc) is 2.03. The van der Waals surface area contributed by atoms with Gasteiger partial charge < -0.3 is 5.73 Å². The minimum absolute atomic E-state index is 0.0561. The molecule has 66 valence electrons. The highest BCUT2D eigenvalue weighted by atomic mass is 79.9. The predicted molar refractivity (Wildman–Crippen MR) is 51.6 cm³/mol. The third-order valence-electron chi connectivity index (χ3n) is 1.85. The minimum Gasteiger partial charge on any atom is -0.330 e. The van der Waals surface area contributed by atoms with Gasteiger partial charge >= 0.3 is 0 Å². The van der Waals surface area contributed by atoms with Gasteiger partial charge in [0.15, 0.2) is 0 Å². The molecule has 0 spiro atoms. The van der Waals surface area contributed by atoms with Crippen LogP contribution in [0.5, 0.6) is 0 Å². The van der Waals surface area contributed by atoms with Gasteiger partial charge in [-0.15, -0.1) is 0 Å². The summed E-state index contributed by atoms with van der Waals surface area (Å²) in [5, 5.41) is 0. The van der Waals surface area contributed by atoms with Crippen molar-refractivity contribution in [1.82, 2.24) is 0 Å². The molecule has 12 heavy (non-hydrogen) atoms. The number of hydrogen-bond donors (Lipinski definition) is 1. The predicted octanol–water partition coefficient (Wildman–Crippen LogP) is 2.65. The van der Waals surface area contributed by atoms with Crippen molar-refractivity contribution in [2.24, 2.45) is 5.73 Å². The zero-order valence-corrected chi connectivity index (χ0v) is 8.44. The highest BCUT2D eigenvalue weighted by Crippen LogP contribution is 2.26. The van der Waals surface area contributed by atoms with E-state index in [1.54, 1.807) is 6.07 Å². The Morgan fingerprint density at radius 3 is 2.75 bits per heavy atom. The van der Waals surface area contributed by atoms with Crippen LogP contribution in [0.2, 0.25) is 0 Å². The van der Waals surface area contributed by atoms with Crippen molar-refractivity contribution in [1.29, 1.82) is 0 Å². The fourth-order valence-electron chi connectivity index (χ4n) is 1.10. The van der Waals surface area contributed by atoms with E-state index in [-0.39, 0.29) is 11.7 Å². The highest BCUT2D eigenvalue weighted by molar-refractivity contribution is 9.10. The van der Waals surface area contributed by atoms with Crippen LogP contribution in [0.1, 0.15) is 18.4 Å². The first-order chi connectivity index (χ1) is 5.66. The molecule has 0 amide bonds.